The van der Waals surface area contributed by atoms with Crippen LogP contribution in [-0.2, 0) is 11.2 Å². The van der Waals surface area contributed by atoms with E-state index >= 15 is 0 Å². The molecule has 0 aromatic carbocycles. The van der Waals surface area contributed by atoms with Crippen LogP contribution in [0.1, 0.15) is 29.7 Å². The Balaban J connectivity index is 1.21. The average Bonchev–Trinajstić information content (AvgIpc) is 3.25. The number of H-pyrrole nitrogens is 1. The maximum Gasteiger partial charge on any atom is 0.137 e. The van der Waals surface area contributed by atoms with E-state index in [0.29, 0.717) is 5.41 Å². The highest BCUT2D eigenvalue weighted by atomic mass is 35.5. The Morgan fingerprint density at radius 2 is 1.97 bits per heavy atom. The van der Waals surface area contributed by atoms with Crippen LogP contribution in [0.15, 0.2) is 42.9 Å². The Kier molecular flexibility index (Phi) is 5.15. The fourth-order valence-corrected chi connectivity index (χ4v) is 5.59. The van der Waals surface area contributed by atoms with Crippen molar-refractivity contribution in [3.05, 3.63) is 59.7 Å². The van der Waals surface area contributed by atoms with Gasteiger partial charge in [0.05, 0.1) is 18.7 Å². The highest BCUT2D eigenvalue weighted by Crippen LogP contribution is 2.42. The number of aromatic amines is 1. The first kappa shape index (κ1) is 20.8. The molecule has 170 valence electrons. The van der Waals surface area contributed by atoms with Crippen LogP contribution in [0, 0.1) is 5.41 Å². The monoisotopic (exact) mass is 462 g/mol. The zero-order valence-corrected chi connectivity index (χ0v) is 19.4. The van der Waals surface area contributed by atoms with Crippen LogP contribution in [0.4, 0.5) is 5.82 Å². The van der Waals surface area contributed by atoms with E-state index in [2.05, 4.69) is 39.1 Å². The number of pyridine rings is 2. The number of nitrogens with zero attached hydrogens (tertiary/aromatic N) is 3. The molecule has 1 atom stereocenters. The fourth-order valence-electron chi connectivity index (χ4n) is 5.24. The lowest BCUT2D eigenvalue weighted by molar-refractivity contribution is -0.000451. The normalized spacial score (nSPS) is 21.3. The minimum Gasteiger partial charge on any atom is -0.495 e. The van der Waals surface area contributed by atoms with Gasteiger partial charge in [0.25, 0.3) is 0 Å². The minimum absolute atomic E-state index is 0.123. The van der Waals surface area contributed by atoms with Crippen molar-refractivity contribution >= 4 is 29.1 Å². The molecule has 0 bridgehead atoms. The second kappa shape index (κ2) is 8.19. The van der Waals surface area contributed by atoms with E-state index in [1.54, 1.807) is 13.3 Å². The molecular formula is C26H27ClN4O2. The van der Waals surface area contributed by atoms with Gasteiger partial charge in [-0.2, -0.15) is 0 Å². The van der Waals surface area contributed by atoms with Gasteiger partial charge in [-0.15, -0.1) is 11.6 Å². The summed E-state index contributed by atoms with van der Waals surface area (Å²) in [6, 6.07) is 8.46. The van der Waals surface area contributed by atoms with Crippen LogP contribution in [0.3, 0.4) is 0 Å². The van der Waals surface area contributed by atoms with Crippen LogP contribution in [0.25, 0.3) is 22.9 Å². The van der Waals surface area contributed by atoms with Gasteiger partial charge in [0.2, 0.25) is 0 Å². The van der Waals surface area contributed by atoms with Gasteiger partial charge in [-0.1, -0.05) is 0 Å². The lowest BCUT2D eigenvalue weighted by Crippen LogP contribution is -2.58. The van der Waals surface area contributed by atoms with Gasteiger partial charge < -0.3 is 19.4 Å². The van der Waals surface area contributed by atoms with Crippen LogP contribution >= 0.6 is 11.6 Å². The summed E-state index contributed by atoms with van der Waals surface area (Å²) < 4.78 is 10.9. The van der Waals surface area contributed by atoms with Crippen molar-refractivity contribution in [2.75, 3.05) is 38.3 Å². The lowest BCUT2D eigenvalue weighted by Gasteiger charge is -2.52. The van der Waals surface area contributed by atoms with Gasteiger partial charge in [-0.05, 0) is 54.3 Å². The van der Waals surface area contributed by atoms with Crippen molar-refractivity contribution in [1.29, 1.82) is 0 Å². The first-order chi connectivity index (χ1) is 16.1. The van der Waals surface area contributed by atoms with Gasteiger partial charge >= 0.3 is 0 Å². The predicted octanol–water partition coefficient (Wildman–Crippen LogP) is 4.80. The SMILES string of the molecule is COc1cncc(C2=Cc3cc(-c4ccc(N5CC6(CCOCC6)C5)nc4)[nH]c3CC2Cl)c1. The topological polar surface area (TPSA) is 63.3 Å². The summed E-state index contributed by atoms with van der Waals surface area (Å²) in [5.74, 6) is 1.79. The van der Waals surface area contributed by atoms with Gasteiger partial charge in [-0.25, -0.2) is 4.98 Å². The number of methoxy groups -OCH3 is 1. The zero-order valence-electron chi connectivity index (χ0n) is 18.7. The van der Waals surface area contributed by atoms with Gasteiger partial charge in [0.1, 0.15) is 11.6 Å². The number of hydrogen-bond donors (Lipinski definition) is 1. The summed E-state index contributed by atoms with van der Waals surface area (Å²) in [6.45, 7) is 3.96. The zero-order chi connectivity index (χ0) is 22.4. The molecule has 1 spiro atoms. The molecule has 3 aromatic rings. The molecule has 7 heteroatoms. The van der Waals surface area contributed by atoms with Crippen molar-refractivity contribution in [3.63, 3.8) is 0 Å². The maximum atomic E-state index is 6.75. The summed E-state index contributed by atoms with van der Waals surface area (Å²) in [6.07, 6.45) is 10.7. The van der Waals surface area contributed by atoms with Crippen LogP contribution in [-0.4, -0.2) is 53.7 Å². The van der Waals surface area contributed by atoms with Crippen LogP contribution < -0.4 is 9.64 Å². The number of halogens is 1. The number of ether oxygens (including phenoxy) is 2. The number of hydrogen-bond acceptors (Lipinski definition) is 5. The van der Waals surface area contributed by atoms with E-state index in [4.69, 9.17) is 26.1 Å². The van der Waals surface area contributed by atoms with Crippen molar-refractivity contribution < 1.29 is 9.47 Å². The number of fused-ring (bicyclic) bond motifs is 1. The summed E-state index contributed by atoms with van der Waals surface area (Å²) in [4.78, 5) is 15.0. The largest absolute Gasteiger partial charge is 0.495 e. The molecule has 6 nitrogen and oxygen atoms in total. The number of aromatic nitrogens is 3. The predicted molar refractivity (Wildman–Crippen MR) is 131 cm³/mol. The number of allylic oxidation sites excluding steroid dienone is 1. The number of nitrogens with one attached hydrogen (secondary N) is 1. The first-order valence-corrected chi connectivity index (χ1v) is 11.9. The van der Waals surface area contributed by atoms with Crippen LogP contribution in [0.5, 0.6) is 5.75 Å². The lowest BCUT2D eigenvalue weighted by atomic mass is 9.73. The van der Waals surface area contributed by atoms with Crippen molar-refractivity contribution in [2.45, 2.75) is 24.6 Å². The second-order valence-corrected chi connectivity index (χ2v) is 9.90. The van der Waals surface area contributed by atoms with Crippen molar-refractivity contribution in [3.8, 4) is 17.0 Å². The Labute approximate surface area is 198 Å². The standard InChI is InChI=1S/C26H27ClN4O2/c1-32-20-8-19(12-28-14-20)21-9-18-10-23(30-24(18)11-22(21)27)17-2-3-25(29-13-17)31-15-26(16-31)4-6-33-7-5-26/h2-3,8-10,12-14,22,30H,4-7,11,15-16H2,1H3. The summed E-state index contributed by atoms with van der Waals surface area (Å²) >= 11 is 6.75. The molecule has 0 radical (unpaired) electrons. The third-order valence-corrected chi connectivity index (χ3v) is 7.63. The maximum absolute atomic E-state index is 6.75. The van der Waals surface area contributed by atoms with Gasteiger partial charge in [0, 0.05) is 73.0 Å². The smallest absolute Gasteiger partial charge is 0.137 e. The molecule has 3 aromatic heterocycles. The Hall–Kier alpha value is -2.83. The Bertz CT molecular complexity index is 1190. The average molecular weight is 463 g/mol. The summed E-state index contributed by atoms with van der Waals surface area (Å²) in [5, 5.41) is -0.123. The molecule has 2 saturated heterocycles. The summed E-state index contributed by atoms with van der Waals surface area (Å²) in [5.41, 5.74) is 6.95. The van der Waals surface area contributed by atoms with Crippen molar-refractivity contribution in [2.24, 2.45) is 5.41 Å². The third kappa shape index (κ3) is 3.81. The van der Waals surface area contributed by atoms with E-state index in [1.165, 1.54) is 12.8 Å². The second-order valence-electron chi connectivity index (χ2n) is 9.38. The highest BCUT2D eigenvalue weighted by molar-refractivity contribution is 6.28. The molecule has 5 heterocycles. The highest BCUT2D eigenvalue weighted by Gasteiger charge is 2.44. The third-order valence-electron chi connectivity index (χ3n) is 7.24. The number of anilines is 1. The molecule has 1 unspecified atom stereocenters. The van der Waals surface area contributed by atoms with E-state index in [-0.39, 0.29) is 5.38 Å². The molecule has 2 aliphatic heterocycles. The Morgan fingerprint density at radius 1 is 1.12 bits per heavy atom. The number of rotatable bonds is 4. The Morgan fingerprint density at radius 3 is 2.73 bits per heavy atom. The molecule has 3 aliphatic rings. The van der Waals surface area contributed by atoms with E-state index in [9.17, 15) is 0 Å². The molecule has 0 saturated carbocycles. The van der Waals surface area contributed by atoms with E-state index in [1.807, 2.05) is 18.5 Å². The molecular weight excluding hydrogens is 436 g/mol. The van der Waals surface area contributed by atoms with Gasteiger partial charge in [-0.3, -0.25) is 4.98 Å². The van der Waals surface area contributed by atoms with E-state index < -0.39 is 0 Å². The van der Waals surface area contributed by atoms with Gasteiger partial charge in [0.15, 0.2) is 0 Å². The van der Waals surface area contributed by atoms with Crippen molar-refractivity contribution in [1.82, 2.24) is 15.0 Å². The molecule has 6 rings (SSSR count). The summed E-state index contributed by atoms with van der Waals surface area (Å²) in [7, 11) is 1.65. The fraction of sp³-hybridized carbons (Fsp3) is 0.385. The number of alkyl halides is 1. The van der Waals surface area contributed by atoms with Crippen LogP contribution in [0.2, 0.25) is 0 Å². The molecule has 2 fully saturated rings. The molecule has 33 heavy (non-hydrogen) atoms. The quantitative estimate of drug-likeness (QED) is 0.564. The molecule has 1 N–H and O–H groups in total. The molecule has 1 aliphatic carbocycles. The van der Waals surface area contributed by atoms with E-state index in [0.717, 1.165) is 77.9 Å². The molecule has 0 amide bonds. The first-order valence-electron chi connectivity index (χ1n) is 11.5. The minimum atomic E-state index is -0.123.